The molecule has 5 nitrogen and oxygen atoms in total. The van der Waals surface area contributed by atoms with Gasteiger partial charge in [-0.25, -0.2) is 0 Å². The van der Waals surface area contributed by atoms with Gasteiger partial charge in [0.05, 0.1) is 26.4 Å². The second-order valence-corrected chi connectivity index (χ2v) is 2.96. The molecule has 0 spiro atoms. The summed E-state index contributed by atoms with van der Waals surface area (Å²) in [6.45, 7) is 1.42. The highest BCUT2D eigenvalue weighted by Crippen LogP contribution is 1.94. The highest BCUT2D eigenvalue weighted by Gasteiger charge is 2.09. The average Bonchev–Trinajstić information content (AvgIpc) is 2.17. The van der Waals surface area contributed by atoms with Crippen molar-refractivity contribution in [3.8, 4) is 0 Å². The van der Waals surface area contributed by atoms with E-state index in [1.807, 2.05) is 0 Å². The van der Waals surface area contributed by atoms with Crippen LogP contribution in [0.25, 0.3) is 0 Å². The Bertz CT molecular complexity index is 120. The van der Waals surface area contributed by atoms with Crippen LogP contribution in [-0.4, -0.2) is 65.1 Å². The molecule has 0 aliphatic rings. The van der Waals surface area contributed by atoms with E-state index in [1.54, 1.807) is 14.2 Å². The molecule has 5 heteroatoms. The summed E-state index contributed by atoms with van der Waals surface area (Å²) in [5.74, 6) is 0. The van der Waals surface area contributed by atoms with Gasteiger partial charge in [0, 0.05) is 21.3 Å². The third-order valence-corrected chi connectivity index (χ3v) is 1.66. The highest BCUT2D eigenvalue weighted by molar-refractivity contribution is 4.56. The highest BCUT2D eigenvalue weighted by atomic mass is 16.6. The van der Waals surface area contributed by atoms with Gasteiger partial charge in [0.1, 0.15) is 12.2 Å². The Balaban J connectivity index is 3.40. The maximum Gasteiger partial charge on any atom is 0.104 e. The molecule has 0 fully saturated rings. The molecule has 14 heavy (non-hydrogen) atoms. The fraction of sp³-hybridized carbons (Fsp3) is 1.00. The Kier molecular flexibility index (Phi) is 9.23. The molecule has 0 aliphatic carbocycles. The summed E-state index contributed by atoms with van der Waals surface area (Å²) >= 11 is 0. The lowest BCUT2D eigenvalue weighted by Crippen LogP contribution is -2.28. The van der Waals surface area contributed by atoms with E-state index in [2.05, 4.69) is 0 Å². The summed E-state index contributed by atoms with van der Waals surface area (Å²) in [6, 6.07) is 0. The second kappa shape index (κ2) is 9.36. The molecule has 0 amide bonds. The Morgan fingerprint density at radius 3 is 2.07 bits per heavy atom. The number of rotatable bonds is 9. The fourth-order valence-electron chi connectivity index (χ4n) is 0.946. The molecule has 0 aromatic carbocycles. The van der Waals surface area contributed by atoms with Gasteiger partial charge in [-0.2, -0.15) is 0 Å². The van der Waals surface area contributed by atoms with Crippen LogP contribution in [-0.2, 0) is 18.9 Å². The number of hydrogen-bond donors (Lipinski definition) is 1. The van der Waals surface area contributed by atoms with E-state index < -0.39 is 6.10 Å². The molecule has 2 atom stereocenters. The molecule has 0 rings (SSSR count). The minimum Gasteiger partial charge on any atom is -0.388 e. The lowest BCUT2D eigenvalue weighted by molar-refractivity contribution is -0.0592. The van der Waals surface area contributed by atoms with Gasteiger partial charge in [-0.1, -0.05) is 0 Å². The number of aliphatic hydroxyl groups excluding tert-OH is 1. The van der Waals surface area contributed by atoms with Gasteiger partial charge in [-0.05, 0) is 0 Å². The zero-order valence-electron chi connectivity index (χ0n) is 9.06. The molecule has 0 saturated heterocycles. The predicted octanol–water partition coefficient (Wildman–Crippen LogP) is -0.328. The van der Waals surface area contributed by atoms with E-state index in [4.69, 9.17) is 18.9 Å². The van der Waals surface area contributed by atoms with Crippen molar-refractivity contribution in [3.05, 3.63) is 0 Å². The summed E-state index contributed by atoms with van der Waals surface area (Å²) in [4.78, 5) is 0. The van der Waals surface area contributed by atoms with Gasteiger partial charge >= 0.3 is 0 Å². The molecule has 0 saturated carbocycles. The molecule has 2 unspecified atom stereocenters. The summed E-state index contributed by atoms with van der Waals surface area (Å²) in [7, 11) is 4.73. The van der Waals surface area contributed by atoms with Crippen molar-refractivity contribution in [2.24, 2.45) is 0 Å². The van der Waals surface area contributed by atoms with E-state index >= 15 is 0 Å². The van der Waals surface area contributed by atoms with Gasteiger partial charge < -0.3 is 24.1 Å². The SMILES string of the molecule is COCC(O)COCC(COC)OC. The molecule has 0 radical (unpaired) electrons. The molecular weight excluding hydrogens is 188 g/mol. The first-order valence-electron chi connectivity index (χ1n) is 4.51. The van der Waals surface area contributed by atoms with Crippen LogP contribution >= 0.6 is 0 Å². The second-order valence-electron chi connectivity index (χ2n) is 2.96. The molecular formula is C9H20O5. The minimum atomic E-state index is -0.583. The summed E-state index contributed by atoms with van der Waals surface area (Å²) in [5.41, 5.74) is 0. The largest absolute Gasteiger partial charge is 0.388 e. The van der Waals surface area contributed by atoms with E-state index in [0.29, 0.717) is 13.2 Å². The summed E-state index contributed by atoms with van der Waals surface area (Å²) < 4.78 is 19.9. The smallest absolute Gasteiger partial charge is 0.104 e. The van der Waals surface area contributed by atoms with Gasteiger partial charge in [0.2, 0.25) is 0 Å². The Morgan fingerprint density at radius 2 is 1.57 bits per heavy atom. The predicted molar refractivity (Wildman–Crippen MR) is 51.4 cm³/mol. The number of ether oxygens (including phenoxy) is 4. The zero-order chi connectivity index (χ0) is 10.8. The molecule has 86 valence electrons. The van der Waals surface area contributed by atoms with Crippen LogP contribution in [0.4, 0.5) is 0 Å². The quantitative estimate of drug-likeness (QED) is 0.562. The van der Waals surface area contributed by atoms with Crippen molar-refractivity contribution in [2.45, 2.75) is 12.2 Å². The zero-order valence-corrected chi connectivity index (χ0v) is 9.06. The Hall–Kier alpha value is -0.200. The van der Waals surface area contributed by atoms with Crippen LogP contribution in [0, 0.1) is 0 Å². The van der Waals surface area contributed by atoms with Crippen molar-refractivity contribution >= 4 is 0 Å². The molecule has 0 bridgehead atoms. The first-order chi connectivity index (χ1) is 6.74. The molecule has 1 N–H and O–H groups in total. The normalized spacial score (nSPS) is 15.4. The first kappa shape index (κ1) is 13.8. The van der Waals surface area contributed by atoms with Crippen LogP contribution in [0.1, 0.15) is 0 Å². The standard InChI is InChI=1S/C9H20O5/c1-11-4-8(10)5-14-7-9(13-3)6-12-2/h8-10H,4-7H2,1-3H3. The Morgan fingerprint density at radius 1 is 0.929 bits per heavy atom. The number of hydrogen-bond acceptors (Lipinski definition) is 5. The molecule has 0 aromatic heterocycles. The first-order valence-corrected chi connectivity index (χ1v) is 4.51. The topological polar surface area (TPSA) is 57.2 Å². The van der Waals surface area contributed by atoms with E-state index in [0.717, 1.165) is 0 Å². The maximum absolute atomic E-state index is 9.24. The number of aliphatic hydroxyl groups is 1. The lowest BCUT2D eigenvalue weighted by Gasteiger charge is -2.16. The van der Waals surface area contributed by atoms with Crippen LogP contribution in [0.5, 0.6) is 0 Å². The third kappa shape index (κ3) is 7.23. The minimum absolute atomic E-state index is 0.0882. The average molecular weight is 208 g/mol. The van der Waals surface area contributed by atoms with Crippen LogP contribution in [0.15, 0.2) is 0 Å². The van der Waals surface area contributed by atoms with Gasteiger partial charge in [-0.3, -0.25) is 0 Å². The van der Waals surface area contributed by atoms with E-state index in [1.165, 1.54) is 7.11 Å². The van der Waals surface area contributed by atoms with Crippen LogP contribution < -0.4 is 0 Å². The Labute approximate surface area is 84.9 Å². The lowest BCUT2D eigenvalue weighted by atomic mass is 10.4. The summed E-state index contributed by atoms with van der Waals surface area (Å²) in [6.07, 6.45) is -0.671. The monoisotopic (exact) mass is 208 g/mol. The fourth-order valence-corrected chi connectivity index (χ4v) is 0.946. The maximum atomic E-state index is 9.24. The van der Waals surface area contributed by atoms with Crippen molar-refractivity contribution in [3.63, 3.8) is 0 Å². The van der Waals surface area contributed by atoms with E-state index in [-0.39, 0.29) is 19.3 Å². The molecule has 0 heterocycles. The van der Waals surface area contributed by atoms with Crippen LogP contribution in [0.3, 0.4) is 0 Å². The molecule has 0 aliphatic heterocycles. The third-order valence-electron chi connectivity index (χ3n) is 1.66. The van der Waals surface area contributed by atoms with Crippen molar-refractivity contribution in [2.75, 3.05) is 47.8 Å². The van der Waals surface area contributed by atoms with Crippen molar-refractivity contribution in [1.82, 2.24) is 0 Å². The van der Waals surface area contributed by atoms with Gasteiger partial charge in [0.15, 0.2) is 0 Å². The van der Waals surface area contributed by atoms with Crippen LogP contribution in [0.2, 0.25) is 0 Å². The summed E-state index contributed by atoms with van der Waals surface area (Å²) in [5, 5.41) is 9.24. The molecule has 0 aromatic rings. The van der Waals surface area contributed by atoms with E-state index in [9.17, 15) is 5.11 Å². The van der Waals surface area contributed by atoms with Gasteiger partial charge in [0.25, 0.3) is 0 Å². The van der Waals surface area contributed by atoms with Gasteiger partial charge in [-0.15, -0.1) is 0 Å². The van der Waals surface area contributed by atoms with Crippen molar-refractivity contribution in [1.29, 1.82) is 0 Å². The number of methoxy groups -OCH3 is 3. The van der Waals surface area contributed by atoms with Crippen molar-refractivity contribution < 1.29 is 24.1 Å².